The van der Waals surface area contributed by atoms with Gasteiger partial charge < -0.3 is 5.11 Å². The molecule has 1 aromatic rings. The summed E-state index contributed by atoms with van der Waals surface area (Å²) in [5.74, 6) is 0. The summed E-state index contributed by atoms with van der Waals surface area (Å²) in [6, 6.07) is 0.205. The molecule has 0 aliphatic carbocycles. The summed E-state index contributed by atoms with van der Waals surface area (Å²) in [6.45, 7) is 6.02. The van der Waals surface area contributed by atoms with E-state index in [1.807, 2.05) is 25.5 Å². The first kappa shape index (κ1) is 10.5. The molecule has 74 valence electrons. The van der Waals surface area contributed by atoms with Crippen LogP contribution in [-0.4, -0.2) is 21.5 Å². The van der Waals surface area contributed by atoms with Gasteiger partial charge in [0.1, 0.15) is 0 Å². The van der Waals surface area contributed by atoms with Crippen molar-refractivity contribution in [1.29, 1.82) is 0 Å². The van der Waals surface area contributed by atoms with E-state index in [-0.39, 0.29) is 12.6 Å². The predicted octanol–water partition coefficient (Wildman–Crippen LogP) is 2.10. The fourth-order valence-electron chi connectivity index (χ4n) is 1.38. The molecule has 3 nitrogen and oxygen atoms in total. The maximum Gasteiger partial charge on any atom is 0.0844 e. The molecule has 0 bridgehead atoms. The number of aliphatic hydroxyl groups excluding tert-OH is 1. The molecule has 1 rings (SSSR count). The van der Waals surface area contributed by atoms with E-state index >= 15 is 0 Å². The zero-order valence-electron chi connectivity index (χ0n) is 8.21. The molecule has 4 heteroatoms. The third-order valence-electron chi connectivity index (χ3n) is 2.20. The number of halogens is 1. The average Bonchev–Trinajstić information content (AvgIpc) is 2.33. The minimum Gasteiger partial charge on any atom is -0.396 e. The van der Waals surface area contributed by atoms with E-state index < -0.39 is 0 Å². The van der Waals surface area contributed by atoms with Crippen molar-refractivity contribution in [3.8, 4) is 0 Å². The number of aromatic nitrogens is 2. The van der Waals surface area contributed by atoms with Crippen LogP contribution in [0.3, 0.4) is 0 Å². The second kappa shape index (κ2) is 4.11. The van der Waals surface area contributed by atoms with Gasteiger partial charge in [0.05, 0.1) is 22.5 Å². The van der Waals surface area contributed by atoms with Gasteiger partial charge >= 0.3 is 0 Å². The van der Waals surface area contributed by atoms with Gasteiger partial charge in [0.2, 0.25) is 0 Å². The molecule has 0 aliphatic heterocycles. The third kappa shape index (κ3) is 2.03. The fourth-order valence-corrected chi connectivity index (χ4v) is 1.51. The van der Waals surface area contributed by atoms with Crippen LogP contribution in [0.5, 0.6) is 0 Å². The summed E-state index contributed by atoms with van der Waals surface area (Å²) >= 11 is 6.00. The molecule has 0 amide bonds. The highest BCUT2D eigenvalue weighted by Gasteiger charge is 2.13. The second-order valence-corrected chi connectivity index (χ2v) is 3.67. The van der Waals surface area contributed by atoms with Gasteiger partial charge in [-0.25, -0.2) is 0 Å². The van der Waals surface area contributed by atoms with Crippen molar-refractivity contribution in [3.05, 3.63) is 16.4 Å². The van der Waals surface area contributed by atoms with E-state index in [2.05, 4.69) is 5.10 Å². The van der Waals surface area contributed by atoms with E-state index in [9.17, 15) is 0 Å². The lowest BCUT2D eigenvalue weighted by molar-refractivity contribution is 0.256. The van der Waals surface area contributed by atoms with E-state index in [1.54, 1.807) is 0 Å². The van der Waals surface area contributed by atoms with Crippen molar-refractivity contribution in [1.82, 2.24) is 9.78 Å². The molecule has 1 heterocycles. The first-order valence-electron chi connectivity index (χ1n) is 4.40. The summed E-state index contributed by atoms with van der Waals surface area (Å²) in [4.78, 5) is 0. The van der Waals surface area contributed by atoms with Crippen LogP contribution in [0.25, 0.3) is 0 Å². The molecule has 13 heavy (non-hydrogen) atoms. The Labute approximate surface area is 83.3 Å². The lowest BCUT2D eigenvalue weighted by Crippen LogP contribution is -2.10. The van der Waals surface area contributed by atoms with Crippen LogP contribution in [0.15, 0.2) is 0 Å². The smallest absolute Gasteiger partial charge is 0.0844 e. The third-order valence-corrected chi connectivity index (χ3v) is 2.75. The highest BCUT2D eigenvalue weighted by atomic mass is 35.5. The van der Waals surface area contributed by atoms with Crippen molar-refractivity contribution in [2.45, 2.75) is 33.2 Å². The Bertz CT molecular complexity index is 296. The Morgan fingerprint density at radius 2 is 2.15 bits per heavy atom. The number of hydrogen-bond donors (Lipinski definition) is 1. The Hall–Kier alpha value is -0.540. The summed E-state index contributed by atoms with van der Waals surface area (Å²) in [5, 5.41) is 13.8. The van der Waals surface area contributed by atoms with Crippen LogP contribution < -0.4 is 0 Å². The Morgan fingerprint density at radius 1 is 1.54 bits per heavy atom. The van der Waals surface area contributed by atoms with Gasteiger partial charge in [-0.2, -0.15) is 5.10 Å². The number of aliphatic hydroxyl groups is 1. The van der Waals surface area contributed by atoms with E-state index in [0.717, 1.165) is 16.4 Å². The molecule has 0 aliphatic rings. The molecule has 0 spiro atoms. The van der Waals surface area contributed by atoms with Crippen LogP contribution in [0.2, 0.25) is 5.02 Å². The zero-order chi connectivity index (χ0) is 10.0. The molecule has 1 aromatic heterocycles. The maximum atomic E-state index is 8.79. The van der Waals surface area contributed by atoms with Gasteiger partial charge in [0.25, 0.3) is 0 Å². The molecule has 0 saturated carbocycles. The minimum atomic E-state index is 0.178. The van der Waals surface area contributed by atoms with Crippen LogP contribution in [0.4, 0.5) is 0 Å². The van der Waals surface area contributed by atoms with Crippen molar-refractivity contribution in [2.75, 3.05) is 6.61 Å². The quantitative estimate of drug-likeness (QED) is 0.815. The number of aryl methyl sites for hydroxylation is 1. The predicted molar refractivity (Wildman–Crippen MR) is 53.1 cm³/mol. The summed E-state index contributed by atoms with van der Waals surface area (Å²) in [5.41, 5.74) is 1.82. The standard InChI is InChI=1S/C9H15ClN2O/c1-6(4-5-13)12-8(3)9(10)7(2)11-12/h6,13H,4-5H2,1-3H3. The van der Waals surface area contributed by atoms with Crippen molar-refractivity contribution >= 4 is 11.6 Å². The Balaban J connectivity index is 2.94. The second-order valence-electron chi connectivity index (χ2n) is 3.29. The van der Waals surface area contributed by atoms with E-state index in [1.165, 1.54) is 0 Å². The summed E-state index contributed by atoms with van der Waals surface area (Å²) < 4.78 is 1.87. The molecule has 0 fully saturated rings. The average molecular weight is 203 g/mol. The zero-order valence-corrected chi connectivity index (χ0v) is 8.97. The van der Waals surface area contributed by atoms with Gasteiger partial charge in [-0.1, -0.05) is 11.6 Å². The van der Waals surface area contributed by atoms with Crippen LogP contribution in [-0.2, 0) is 0 Å². The van der Waals surface area contributed by atoms with Gasteiger partial charge in [-0.05, 0) is 27.2 Å². The molecular weight excluding hydrogens is 188 g/mol. The van der Waals surface area contributed by atoms with Gasteiger partial charge in [0.15, 0.2) is 0 Å². The monoisotopic (exact) mass is 202 g/mol. The molecule has 0 radical (unpaired) electrons. The van der Waals surface area contributed by atoms with Crippen molar-refractivity contribution in [2.24, 2.45) is 0 Å². The SMILES string of the molecule is Cc1nn(C(C)CCO)c(C)c1Cl. The largest absolute Gasteiger partial charge is 0.396 e. The van der Waals surface area contributed by atoms with Crippen LogP contribution >= 0.6 is 11.6 Å². The maximum absolute atomic E-state index is 8.79. The first-order chi connectivity index (χ1) is 6.07. The molecule has 0 aromatic carbocycles. The Morgan fingerprint density at radius 3 is 2.54 bits per heavy atom. The minimum absolute atomic E-state index is 0.178. The summed E-state index contributed by atoms with van der Waals surface area (Å²) in [7, 11) is 0. The highest BCUT2D eigenvalue weighted by molar-refractivity contribution is 6.31. The molecule has 1 N–H and O–H groups in total. The molecular formula is C9H15ClN2O. The van der Waals surface area contributed by atoms with Crippen LogP contribution in [0.1, 0.15) is 30.8 Å². The van der Waals surface area contributed by atoms with Crippen molar-refractivity contribution in [3.63, 3.8) is 0 Å². The molecule has 1 unspecified atom stereocenters. The van der Waals surface area contributed by atoms with E-state index in [4.69, 9.17) is 16.7 Å². The summed E-state index contributed by atoms with van der Waals surface area (Å²) in [6.07, 6.45) is 0.707. The normalized spacial score (nSPS) is 13.3. The number of rotatable bonds is 3. The Kier molecular flexibility index (Phi) is 3.33. The highest BCUT2D eigenvalue weighted by Crippen LogP contribution is 2.22. The molecule has 0 saturated heterocycles. The lowest BCUT2D eigenvalue weighted by atomic mass is 10.2. The molecule has 1 atom stereocenters. The van der Waals surface area contributed by atoms with Gasteiger partial charge in [0, 0.05) is 6.61 Å². The van der Waals surface area contributed by atoms with Gasteiger partial charge in [-0.15, -0.1) is 0 Å². The lowest BCUT2D eigenvalue weighted by Gasteiger charge is -2.12. The van der Waals surface area contributed by atoms with Crippen molar-refractivity contribution < 1.29 is 5.11 Å². The topological polar surface area (TPSA) is 38.0 Å². The van der Waals surface area contributed by atoms with Gasteiger partial charge in [-0.3, -0.25) is 4.68 Å². The van der Waals surface area contributed by atoms with Crippen LogP contribution in [0, 0.1) is 13.8 Å². The number of nitrogens with zero attached hydrogens (tertiary/aromatic N) is 2. The number of hydrogen-bond acceptors (Lipinski definition) is 2. The fraction of sp³-hybridized carbons (Fsp3) is 0.667. The first-order valence-corrected chi connectivity index (χ1v) is 4.77. The van der Waals surface area contributed by atoms with E-state index in [0.29, 0.717) is 6.42 Å².